The van der Waals surface area contributed by atoms with Gasteiger partial charge in [0.2, 0.25) is 0 Å². The van der Waals surface area contributed by atoms with E-state index in [1.807, 2.05) is 24.3 Å². The molecule has 1 aromatic heterocycles. The molecule has 0 radical (unpaired) electrons. The van der Waals surface area contributed by atoms with E-state index in [1.165, 1.54) is 0 Å². The van der Waals surface area contributed by atoms with Crippen LogP contribution in [0.3, 0.4) is 0 Å². The lowest BCUT2D eigenvalue weighted by Crippen LogP contribution is -2.18. The Kier molecular flexibility index (Phi) is 3.68. The highest BCUT2D eigenvalue weighted by molar-refractivity contribution is 6.37. The quantitative estimate of drug-likeness (QED) is 0.732. The van der Waals surface area contributed by atoms with Gasteiger partial charge in [-0.05, 0) is 24.6 Å². The molecule has 1 N–H and O–H groups in total. The maximum atomic E-state index is 6.33. The Morgan fingerprint density at radius 3 is 2.65 bits per heavy atom. The van der Waals surface area contributed by atoms with Crippen molar-refractivity contribution in [3.05, 3.63) is 47.2 Å². The molecule has 0 saturated heterocycles. The highest BCUT2D eigenvalue weighted by Crippen LogP contribution is 2.33. The van der Waals surface area contributed by atoms with Gasteiger partial charge in [0.05, 0.1) is 6.54 Å². The van der Waals surface area contributed by atoms with Gasteiger partial charge in [-0.3, -0.25) is 0 Å². The number of hydrogen-bond acceptors (Lipinski definition) is 2. The zero-order valence-electron chi connectivity index (χ0n) is 11.7. The summed E-state index contributed by atoms with van der Waals surface area (Å²) in [5, 5.41) is 7.35. The van der Waals surface area contributed by atoms with Gasteiger partial charge in [-0.1, -0.05) is 49.7 Å². The Morgan fingerprint density at radius 2 is 1.90 bits per heavy atom. The average Bonchev–Trinajstić information content (AvgIpc) is 2.81. The zero-order valence-corrected chi connectivity index (χ0v) is 12.5. The van der Waals surface area contributed by atoms with Crippen molar-refractivity contribution in [2.45, 2.75) is 20.4 Å². The fourth-order valence-electron chi connectivity index (χ4n) is 2.45. The van der Waals surface area contributed by atoms with Gasteiger partial charge < -0.3 is 9.73 Å². The third kappa shape index (κ3) is 2.54. The molecule has 0 amide bonds. The lowest BCUT2D eigenvalue weighted by atomic mass is 10.1. The topological polar surface area (TPSA) is 25.2 Å². The van der Waals surface area contributed by atoms with E-state index in [2.05, 4.69) is 31.3 Å². The van der Waals surface area contributed by atoms with E-state index in [1.54, 1.807) is 0 Å². The maximum Gasteiger partial charge on any atom is 0.142 e. The highest BCUT2D eigenvalue weighted by Gasteiger charge is 2.10. The van der Waals surface area contributed by atoms with Crippen LogP contribution in [0.25, 0.3) is 21.7 Å². The maximum absolute atomic E-state index is 6.33. The first-order chi connectivity index (χ1) is 9.65. The minimum Gasteiger partial charge on any atom is -0.459 e. The summed E-state index contributed by atoms with van der Waals surface area (Å²) in [7, 11) is 0. The Bertz CT molecular complexity index is 745. The van der Waals surface area contributed by atoms with Crippen molar-refractivity contribution in [1.29, 1.82) is 0 Å². The largest absolute Gasteiger partial charge is 0.459 e. The van der Waals surface area contributed by atoms with E-state index in [0.717, 1.165) is 45.6 Å². The van der Waals surface area contributed by atoms with Crippen molar-refractivity contribution < 1.29 is 4.42 Å². The van der Waals surface area contributed by atoms with Gasteiger partial charge in [0, 0.05) is 21.2 Å². The zero-order chi connectivity index (χ0) is 14.1. The van der Waals surface area contributed by atoms with Gasteiger partial charge in [0.15, 0.2) is 0 Å². The number of hydrogen-bond donors (Lipinski definition) is 1. The van der Waals surface area contributed by atoms with Crippen LogP contribution in [0.4, 0.5) is 0 Å². The lowest BCUT2D eigenvalue weighted by Gasteiger charge is -2.04. The number of benzene rings is 2. The normalized spacial score (nSPS) is 11.8. The van der Waals surface area contributed by atoms with Crippen LogP contribution in [0.2, 0.25) is 5.02 Å². The van der Waals surface area contributed by atoms with Gasteiger partial charge in [-0.2, -0.15) is 0 Å². The van der Waals surface area contributed by atoms with Crippen LogP contribution in [-0.4, -0.2) is 6.54 Å². The summed E-state index contributed by atoms with van der Waals surface area (Å²) < 4.78 is 6.00. The molecule has 20 heavy (non-hydrogen) atoms. The van der Waals surface area contributed by atoms with Crippen LogP contribution in [0.1, 0.15) is 19.6 Å². The summed E-state index contributed by atoms with van der Waals surface area (Å²) in [6.07, 6.45) is 0. The van der Waals surface area contributed by atoms with Crippen molar-refractivity contribution in [3.8, 4) is 0 Å². The third-order valence-electron chi connectivity index (χ3n) is 3.37. The Labute approximate surface area is 123 Å². The van der Waals surface area contributed by atoms with Crippen LogP contribution >= 0.6 is 11.6 Å². The molecular weight excluding hydrogens is 270 g/mol. The molecular formula is C17H18ClNO. The standard InChI is InChI=1S/C17H18ClNO/c1-11(2)9-19-10-13-7-12-8-16(18)14-5-3-4-6-15(14)17(12)20-13/h3-8,11,19H,9-10H2,1-2H3. The summed E-state index contributed by atoms with van der Waals surface area (Å²) in [4.78, 5) is 0. The van der Waals surface area contributed by atoms with Crippen molar-refractivity contribution in [2.24, 2.45) is 5.92 Å². The monoisotopic (exact) mass is 287 g/mol. The molecule has 0 aliphatic rings. The molecule has 0 saturated carbocycles. The summed E-state index contributed by atoms with van der Waals surface area (Å²) >= 11 is 6.33. The Morgan fingerprint density at radius 1 is 1.15 bits per heavy atom. The summed E-state index contributed by atoms with van der Waals surface area (Å²) in [5.74, 6) is 1.59. The number of rotatable bonds is 4. The average molecular weight is 288 g/mol. The minimum absolute atomic E-state index is 0.634. The number of halogens is 1. The molecule has 0 spiro atoms. The van der Waals surface area contributed by atoms with Crippen molar-refractivity contribution in [3.63, 3.8) is 0 Å². The first-order valence-electron chi connectivity index (χ1n) is 6.95. The second kappa shape index (κ2) is 5.47. The first kappa shape index (κ1) is 13.5. The van der Waals surface area contributed by atoms with E-state index < -0.39 is 0 Å². The molecule has 3 rings (SSSR count). The Balaban J connectivity index is 2.00. The first-order valence-corrected chi connectivity index (χ1v) is 7.33. The molecule has 0 aliphatic heterocycles. The second-order valence-electron chi connectivity index (χ2n) is 5.56. The molecule has 1 heterocycles. The molecule has 3 aromatic rings. The van der Waals surface area contributed by atoms with Crippen LogP contribution in [0.15, 0.2) is 40.8 Å². The van der Waals surface area contributed by atoms with Gasteiger partial charge in [0.25, 0.3) is 0 Å². The predicted octanol–water partition coefficient (Wildman–Crippen LogP) is 4.99. The van der Waals surface area contributed by atoms with E-state index in [4.69, 9.17) is 16.0 Å². The molecule has 2 aromatic carbocycles. The van der Waals surface area contributed by atoms with Gasteiger partial charge in [-0.25, -0.2) is 0 Å². The van der Waals surface area contributed by atoms with Gasteiger partial charge in [0.1, 0.15) is 11.3 Å². The number of furan rings is 1. The van der Waals surface area contributed by atoms with Crippen molar-refractivity contribution in [1.82, 2.24) is 5.32 Å². The molecule has 0 unspecified atom stereocenters. The van der Waals surface area contributed by atoms with Crippen molar-refractivity contribution >= 4 is 33.3 Å². The van der Waals surface area contributed by atoms with Crippen LogP contribution in [-0.2, 0) is 6.54 Å². The number of nitrogens with one attached hydrogen (secondary N) is 1. The van der Waals surface area contributed by atoms with E-state index >= 15 is 0 Å². The molecule has 0 bridgehead atoms. The summed E-state index contributed by atoms with van der Waals surface area (Å²) in [5.41, 5.74) is 0.923. The van der Waals surface area contributed by atoms with Gasteiger partial charge >= 0.3 is 0 Å². The highest BCUT2D eigenvalue weighted by atomic mass is 35.5. The SMILES string of the molecule is CC(C)CNCc1cc2cc(Cl)c3ccccc3c2o1. The second-order valence-corrected chi connectivity index (χ2v) is 5.97. The minimum atomic E-state index is 0.634. The summed E-state index contributed by atoms with van der Waals surface area (Å²) in [6, 6.07) is 12.1. The molecule has 0 fully saturated rings. The predicted molar refractivity (Wildman–Crippen MR) is 85.3 cm³/mol. The third-order valence-corrected chi connectivity index (χ3v) is 3.69. The van der Waals surface area contributed by atoms with Crippen LogP contribution in [0.5, 0.6) is 0 Å². The Hall–Kier alpha value is -1.51. The number of fused-ring (bicyclic) bond motifs is 3. The molecule has 104 valence electrons. The summed E-state index contributed by atoms with van der Waals surface area (Å²) in [6.45, 7) is 6.12. The molecule has 2 nitrogen and oxygen atoms in total. The smallest absolute Gasteiger partial charge is 0.142 e. The van der Waals surface area contributed by atoms with Gasteiger partial charge in [-0.15, -0.1) is 0 Å². The fraction of sp³-hybridized carbons (Fsp3) is 0.294. The van der Waals surface area contributed by atoms with Crippen LogP contribution < -0.4 is 5.32 Å². The molecule has 3 heteroatoms. The van der Waals surface area contributed by atoms with E-state index in [-0.39, 0.29) is 0 Å². The molecule has 0 aliphatic carbocycles. The van der Waals surface area contributed by atoms with E-state index in [0.29, 0.717) is 5.92 Å². The van der Waals surface area contributed by atoms with E-state index in [9.17, 15) is 0 Å². The molecule has 0 atom stereocenters. The fourth-order valence-corrected chi connectivity index (χ4v) is 2.73. The van der Waals surface area contributed by atoms with Crippen LogP contribution in [0, 0.1) is 5.92 Å². The van der Waals surface area contributed by atoms with Crippen molar-refractivity contribution in [2.75, 3.05) is 6.54 Å². The lowest BCUT2D eigenvalue weighted by molar-refractivity contribution is 0.486.